The average Bonchev–Trinajstić information content (AvgIpc) is 2.79. The average molecular weight is 312 g/mol. The summed E-state index contributed by atoms with van der Waals surface area (Å²) in [7, 11) is -1.07. The number of aryl methyl sites for hydroxylation is 1. The zero-order chi connectivity index (χ0) is 15.8. The van der Waals surface area contributed by atoms with Crippen molar-refractivity contribution in [1.29, 1.82) is 0 Å². The van der Waals surface area contributed by atoms with Gasteiger partial charge in [0.2, 0.25) is 15.9 Å². The van der Waals surface area contributed by atoms with E-state index in [9.17, 15) is 18.0 Å². The summed E-state index contributed by atoms with van der Waals surface area (Å²) in [4.78, 5) is 24.4. The molecule has 0 aromatic heterocycles. The van der Waals surface area contributed by atoms with Crippen LogP contribution in [0.1, 0.15) is 15.9 Å². The lowest BCUT2D eigenvalue weighted by atomic mass is 10.1. The van der Waals surface area contributed by atoms with Crippen molar-refractivity contribution in [3.63, 3.8) is 0 Å². The van der Waals surface area contributed by atoms with Crippen LogP contribution in [-0.2, 0) is 19.6 Å². The largest absolute Gasteiger partial charge is 0.465 e. The van der Waals surface area contributed by atoms with Gasteiger partial charge in [-0.25, -0.2) is 13.2 Å². The maximum atomic E-state index is 12.6. The van der Waals surface area contributed by atoms with Gasteiger partial charge in [-0.05, 0) is 24.6 Å². The maximum absolute atomic E-state index is 12.6. The Morgan fingerprint density at radius 2 is 2.00 bits per heavy atom. The minimum absolute atomic E-state index is 0.00303. The lowest BCUT2D eigenvalue weighted by Gasteiger charge is -2.17. The Morgan fingerprint density at radius 3 is 2.52 bits per heavy atom. The summed E-state index contributed by atoms with van der Waals surface area (Å²) in [5, 5.41) is 0. The van der Waals surface area contributed by atoms with E-state index in [0.29, 0.717) is 5.56 Å². The summed E-state index contributed by atoms with van der Waals surface area (Å²) in [5.74, 6) is -0.874. The van der Waals surface area contributed by atoms with E-state index >= 15 is 0 Å². The molecular weight excluding hydrogens is 296 g/mol. The number of esters is 1. The van der Waals surface area contributed by atoms with Gasteiger partial charge in [0.1, 0.15) is 0 Å². The SMILES string of the molecule is COC(=O)c1ccc(C)c(S(=O)(=O)N2CC(=O)N(C)C2)c1. The molecule has 0 unspecified atom stereocenters. The molecule has 0 aliphatic carbocycles. The molecular formula is C13H16N2O5S. The molecule has 1 aliphatic rings. The van der Waals surface area contributed by atoms with Crippen LogP contribution < -0.4 is 0 Å². The molecule has 2 rings (SSSR count). The molecule has 1 fully saturated rings. The second kappa shape index (κ2) is 5.45. The van der Waals surface area contributed by atoms with Gasteiger partial charge < -0.3 is 9.64 Å². The van der Waals surface area contributed by atoms with Crippen molar-refractivity contribution in [3.8, 4) is 0 Å². The summed E-state index contributed by atoms with van der Waals surface area (Å²) in [6.07, 6.45) is 0. The number of sulfonamides is 1. The van der Waals surface area contributed by atoms with Crippen molar-refractivity contribution in [2.75, 3.05) is 27.4 Å². The number of carbonyl (C=O) groups is 2. The number of amides is 1. The Kier molecular flexibility index (Phi) is 4.02. The van der Waals surface area contributed by atoms with Gasteiger partial charge >= 0.3 is 5.97 Å². The molecule has 1 aromatic carbocycles. The Labute approximate surface area is 123 Å². The third kappa shape index (κ3) is 2.77. The van der Waals surface area contributed by atoms with Gasteiger partial charge in [-0.1, -0.05) is 6.07 Å². The first-order valence-electron chi connectivity index (χ1n) is 6.20. The van der Waals surface area contributed by atoms with E-state index < -0.39 is 16.0 Å². The first-order valence-corrected chi connectivity index (χ1v) is 7.64. The number of methoxy groups -OCH3 is 1. The van der Waals surface area contributed by atoms with Crippen molar-refractivity contribution < 1.29 is 22.7 Å². The highest BCUT2D eigenvalue weighted by molar-refractivity contribution is 7.89. The molecule has 21 heavy (non-hydrogen) atoms. The Hall–Kier alpha value is -1.93. The quantitative estimate of drug-likeness (QED) is 0.745. The predicted molar refractivity (Wildman–Crippen MR) is 74.0 cm³/mol. The van der Waals surface area contributed by atoms with Gasteiger partial charge in [0.15, 0.2) is 0 Å². The molecule has 0 atom stereocenters. The molecule has 0 saturated carbocycles. The molecule has 1 saturated heterocycles. The second-order valence-corrected chi connectivity index (χ2v) is 6.73. The molecule has 7 nitrogen and oxygen atoms in total. The zero-order valence-corrected chi connectivity index (χ0v) is 12.8. The van der Waals surface area contributed by atoms with Gasteiger partial charge in [0, 0.05) is 7.05 Å². The number of likely N-dealkylation sites (N-methyl/N-ethyl adjacent to an activating group) is 1. The minimum atomic E-state index is -3.84. The first kappa shape index (κ1) is 15.5. The molecule has 0 N–H and O–H groups in total. The maximum Gasteiger partial charge on any atom is 0.337 e. The summed E-state index contributed by atoms with van der Waals surface area (Å²) >= 11 is 0. The molecule has 1 heterocycles. The predicted octanol–water partition coefficient (Wildman–Crippen LogP) is 0.202. The number of hydrogen-bond donors (Lipinski definition) is 0. The van der Waals surface area contributed by atoms with Gasteiger partial charge in [0.25, 0.3) is 0 Å². The third-order valence-corrected chi connectivity index (χ3v) is 5.25. The van der Waals surface area contributed by atoms with Crippen LogP contribution in [0.15, 0.2) is 23.1 Å². The molecule has 1 aliphatic heterocycles. The molecule has 0 bridgehead atoms. The summed E-state index contributed by atoms with van der Waals surface area (Å²) in [6.45, 7) is 1.44. The van der Waals surface area contributed by atoms with Crippen molar-refractivity contribution in [2.45, 2.75) is 11.8 Å². The van der Waals surface area contributed by atoms with Gasteiger partial charge in [-0.15, -0.1) is 0 Å². The molecule has 8 heteroatoms. The Balaban J connectivity index is 2.45. The van der Waals surface area contributed by atoms with Crippen LogP contribution in [0.25, 0.3) is 0 Å². The Morgan fingerprint density at radius 1 is 1.33 bits per heavy atom. The number of hydrogen-bond acceptors (Lipinski definition) is 5. The van der Waals surface area contributed by atoms with Crippen molar-refractivity contribution >= 4 is 21.9 Å². The molecule has 1 amide bonds. The van der Waals surface area contributed by atoms with Crippen LogP contribution in [0, 0.1) is 6.92 Å². The Bertz CT molecular complexity index is 699. The fourth-order valence-corrected chi connectivity index (χ4v) is 3.69. The van der Waals surface area contributed by atoms with Crippen LogP contribution >= 0.6 is 0 Å². The monoisotopic (exact) mass is 312 g/mol. The number of nitrogens with zero attached hydrogens (tertiary/aromatic N) is 2. The van der Waals surface area contributed by atoms with Crippen molar-refractivity contribution in [3.05, 3.63) is 29.3 Å². The van der Waals surface area contributed by atoms with E-state index in [2.05, 4.69) is 4.74 Å². The van der Waals surface area contributed by atoms with Crippen LogP contribution in [0.5, 0.6) is 0 Å². The summed E-state index contributed by atoms with van der Waals surface area (Å²) in [6, 6.07) is 4.32. The molecule has 114 valence electrons. The highest BCUT2D eigenvalue weighted by Gasteiger charge is 2.35. The van der Waals surface area contributed by atoms with Crippen LogP contribution in [0.4, 0.5) is 0 Å². The number of benzene rings is 1. The van der Waals surface area contributed by atoms with Crippen LogP contribution in [-0.4, -0.2) is 56.9 Å². The zero-order valence-electron chi connectivity index (χ0n) is 12.0. The minimum Gasteiger partial charge on any atom is -0.465 e. The smallest absolute Gasteiger partial charge is 0.337 e. The van der Waals surface area contributed by atoms with Crippen molar-refractivity contribution in [2.24, 2.45) is 0 Å². The van der Waals surface area contributed by atoms with E-state index in [0.717, 1.165) is 4.31 Å². The molecule has 0 spiro atoms. The topological polar surface area (TPSA) is 84.0 Å². The number of ether oxygens (including phenoxy) is 1. The van der Waals surface area contributed by atoms with Gasteiger partial charge in [-0.2, -0.15) is 4.31 Å². The van der Waals surface area contributed by atoms with Gasteiger partial charge in [-0.3, -0.25) is 4.79 Å². The third-order valence-electron chi connectivity index (χ3n) is 3.33. The fourth-order valence-electron chi connectivity index (χ4n) is 2.06. The molecule has 0 radical (unpaired) electrons. The summed E-state index contributed by atoms with van der Waals surface area (Å²) in [5.41, 5.74) is 0.658. The van der Waals surface area contributed by atoms with Crippen LogP contribution in [0.2, 0.25) is 0 Å². The fraction of sp³-hybridized carbons (Fsp3) is 0.385. The van der Waals surface area contributed by atoms with E-state index in [4.69, 9.17) is 0 Å². The number of rotatable bonds is 3. The molecule has 1 aromatic rings. The normalized spacial score (nSPS) is 16.3. The van der Waals surface area contributed by atoms with E-state index in [1.807, 2.05) is 0 Å². The van der Waals surface area contributed by atoms with Gasteiger partial charge in [0.05, 0.1) is 30.8 Å². The number of carbonyl (C=O) groups excluding carboxylic acids is 2. The standard InChI is InChI=1S/C13H16N2O5S/c1-9-4-5-10(13(17)20-3)6-11(9)21(18,19)15-7-12(16)14(2)8-15/h4-6H,7-8H2,1-3H3. The first-order chi connectivity index (χ1) is 9.77. The lowest BCUT2D eigenvalue weighted by Crippen LogP contribution is -2.31. The highest BCUT2D eigenvalue weighted by Crippen LogP contribution is 2.23. The van der Waals surface area contributed by atoms with E-state index in [1.54, 1.807) is 13.0 Å². The lowest BCUT2D eigenvalue weighted by molar-refractivity contribution is -0.125. The van der Waals surface area contributed by atoms with Crippen molar-refractivity contribution in [1.82, 2.24) is 9.21 Å². The van der Waals surface area contributed by atoms with E-state index in [-0.39, 0.29) is 29.6 Å². The van der Waals surface area contributed by atoms with E-state index in [1.165, 1.54) is 31.2 Å². The van der Waals surface area contributed by atoms with Crippen LogP contribution in [0.3, 0.4) is 0 Å². The summed E-state index contributed by atoms with van der Waals surface area (Å²) < 4.78 is 30.9. The highest BCUT2D eigenvalue weighted by atomic mass is 32.2. The second-order valence-electron chi connectivity index (χ2n) is 4.82.